The molecule has 1 aromatic rings. The van der Waals surface area contributed by atoms with Gasteiger partial charge in [-0.05, 0) is 25.7 Å². The first kappa shape index (κ1) is 14.0. The lowest BCUT2D eigenvalue weighted by Gasteiger charge is -2.34. The minimum absolute atomic E-state index is 0.137. The molecule has 0 amide bonds. The van der Waals surface area contributed by atoms with Crippen molar-refractivity contribution < 1.29 is 0 Å². The zero-order chi connectivity index (χ0) is 13.9. The lowest BCUT2D eigenvalue weighted by Crippen LogP contribution is -2.38. The number of nitrogens with zero attached hydrogens (tertiary/aromatic N) is 5. The van der Waals surface area contributed by atoms with Gasteiger partial charge < -0.3 is 0 Å². The summed E-state index contributed by atoms with van der Waals surface area (Å²) in [6.45, 7) is 10.1. The third-order valence-corrected chi connectivity index (χ3v) is 3.83. The Balaban J connectivity index is 1.93. The molecule has 0 N–H and O–H groups in total. The van der Waals surface area contributed by atoms with Crippen LogP contribution in [-0.4, -0.2) is 32.8 Å². The summed E-state index contributed by atoms with van der Waals surface area (Å²) in [5.74, 6) is 1.61. The van der Waals surface area contributed by atoms with Crippen LogP contribution in [0.25, 0.3) is 0 Å². The third-order valence-electron chi connectivity index (χ3n) is 3.83. The van der Waals surface area contributed by atoms with Crippen LogP contribution in [0.5, 0.6) is 0 Å². The van der Waals surface area contributed by atoms with Crippen molar-refractivity contribution in [2.75, 3.05) is 13.1 Å². The minimum Gasteiger partial charge on any atom is -0.296 e. The molecule has 0 unspecified atom stereocenters. The van der Waals surface area contributed by atoms with Crippen LogP contribution in [0.1, 0.15) is 39.4 Å². The number of nitriles is 1. The molecule has 0 bridgehead atoms. The van der Waals surface area contributed by atoms with Crippen molar-refractivity contribution in [3.63, 3.8) is 0 Å². The van der Waals surface area contributed by atoms with Crippen LogP contribution < -0.4 is 0 Å². The Morgan fingerprint density at radius 1 is 1.42 bits per heavy atom. The molecule has 1 aliphatic rings. The Morgan fingerprint density at radius 2 is 2.11 bits per heavy atom. The predicted octanol–water partition coefficient (Wildman–Crippen LogP) is 2.06. The van der Waals surface area contributed by atoms with Gasteiger partial charge in [-0.15, -0.1) is 0 Å². The number of piperidine rings is 1. The van der Waals surface area contributed by atoms with Crippen molar-refractivity contribution in [3.05, 3.63) is 12.2 Å². The highest BCUT2D eigenvalue weighted by molar-refractivity contribution is 4.99. The molecule has 1 aromatic heterocycles. The Bertz CT molecular complexity index is 449. The first-order valence-corrected chi connectivity index (χ1v) is 7.03. The fourth-order valence-electron chi connectivity index (χ4n) is 2.43. The van der Waals surface area contributed by atoms with Gasteiger partial charge in [0.05, 0.1) is 18.0 Å². The van der Waals surface area contributed by atoms with Crippen LogP contribution in [0.4, 0.5) is 0 Å². The van der Waals surface area contributed by atoms with Gasteiger partial charge >= 0.3 is 0 Å². The summed E-state index contributed by atoms with van der Waals surface area (Å²) in [6.07, 6.45) is 3.53. The van der Waals surface area contributed by atoms with E-state index in [2.05, 4.69) is 41.8 Å². The summed E-state index contributed by atoms with van der Waals surface area (Å²) in [4.78, 5) is 6.74. The summed E-state index contributed by atoms with van der Waals surface area (Å²) < 4.78 is 2.00. The van der Waals surface area contributed by atoms with Gasteiger partial charge in [-0.1, -0.05) is 13.8 Å². The molecule has 0 atom stereocenters. The normalized spacial score (nSPS) is 19.5. The zero-order valence-electron chi connectivity index (χ0n) is 12.1. The lowest BCUT2D eigenvalue weighted by atomic mass is 9.82. The molecule has 1 saturated heterocycles. The van der Waals surface area contributed by atoms with E-state index >= 15 is 0 Å². The van der Waals surface area contributed by atoms with E-state index in [1.807, 2.05) is 4.68 Å². The van der Waals surface area contributed by atoms with E-state index in [4.69, 9.17) is 5.26 Å². The van der Waals surface area contributed by atoms with E-state index in [1.165, 1.54) is 0 Å². The lowest BCUT2D eigenvalue weighted by molar-refractivity contribution is 0.145. The summed E-state index contributed by atoms with van der Waals surface area (Å²) in [6, 6.07) is 2.44. The van der Waals surface area contributed by atoms with Crippen molar-refractivity contribution in [2.24, 2.45) is 11.3 Å². The van der Waals surface area contributed by atoms with Crippen LogP contribution in [0, 0.1) is 22.7 Å². The number of hydrogen-bond donors (Lipinski definition) is 0. The molecule has 0 spiro atoms. The molecule has 1 fully saturated rings. The second-order valence-electron chi connectivity index (χ2n) is 6.20. The number of hydrogen-bond acceptors (Lipinski definition) is 4. The van der Waals surface area contributed by atoms with E-state index < -0.39 is 0 Å². The van der Waals surface area contributed by atoms with Crippen LogP contribution in [0.2, 0.25) is 0 Å². The second-order valence-corrected chi connectivity index (χ2v) is 6.20. The largest absolute Gasteiger partial charge is 0.296 e. The number of aromatic nitrogens is 3. The van der Waals surface area contributed by atoms with Gasteiger partial charge in [0.15, 0.2) is 0 Å². The Hall–Kier alpha value is -1.41. The summed E-state index contributed by atoms with van der Waals surface area (Å²) >= 11 is 0. The van der Waals surface area contributed by atoms with Crippen LogP contribution in [0.15, 0.2) is 6.33 Å². The molecule has 5 nitrogen and oxygen atoms in total. The Morgan fingerprint density at radius 3 is 2.68 bits per heavy atom. The highest BCUT2D eigenvalue weighted by Crippen LogP contribution is 2.30. The van der Waals surface area contributed by atoms with Crippen molar-refractivity contribution in [1.29, 1.82) is 5.26 Å². The predicted molar refractivity (Wildman–Crippen MR) is 73.1 cm³/mol. The van der Waals surface area contributed by atoms with E-state index in [0.29, 0.717) is 5.92 Å². The van der Waals surface area contributed by atoms with Gasteiger partial charge in [0.2, 0.25) is 0 Å². The average Bonchev–Trinajstić information content (AvgIpc) is 2.79. The summed E-state index contributed by atoms with van der Waals surface area (Å²) in [5, 5.41) is 13.4. The maximum atomic E-state index is 9.14. The van der Waals surface area contributed by atoms with E-state index in [9.17, 15) is 0 Å². The molecule has 5 heteroatoms. The highest BCUT2D eigenvalue weighted by Gasteiger charge is 2.30. The quantitative estimate of drug-likeness (QED) is 0.832. The van der Waals surface area contributed by atoms with Crippen LogP contribution in [0.3, 0.4) is 0 Å². The van der Waals surface area contributed by atoms with Gasteiger partial charge in [0.25, 0.3) is 0 Å². The highest BCUT2D eigenvalue weighted by atomic mass is 15.3. The van der Waals surface area contributed by atoms with Gasteiger partial charge in [0.1, 0.15) is 12.2 Å². The fraction of sp³-hybridized carbons (Fsp3) is 0.786. The van der Waals surface area contributed by atoms with Gasteiger partial charge in [-0.2, -0.15) is 10.4 Å². The first-order valence-electron chi connectivity index (χ1n) is 7.03. The number of rotatable bonds is 4. The van der Waals surface area contributed by atoms with Crippen molar-refractivity contribution >= 4 is 0 Å². The molecule has 2 rings (SSSR count). The summed E-state index contributed by atoms with van der Waals surface area (Å²) in [7, 11) is 0. The maximum Gasteiger partial charge on any atom is 0.141 e. The first-order chi connectivity index (χ1) is 9.02. The Kier molecular flexibility index (Phi) is 4.20. The Labute approximate surface area is 115 Å². The topological polar surface area (TPSA) is 57.7 Å². The fourth-order valence-corrected chi connectivity index (χ4v) is 2.43. The van der Waals surface area contributed by atoms with Crippen molar-refractivity contribution in [3.8, 4) is 6.07 Å². The van der Waals surface area contributed by atoms with Crippen molar-refractivity contribution in [2.45, 2.75) is 46.7 Å². The molecular formula is C14H23N5. The van der Waals surface area contributed by atoms with E-state index in [1.54, 1.807) is 6.33 Å². The zero-order valence-corrected chi connectivity index (χ0v) is 12.1. The molecule has 0 aliphatic carbocycles. The van der Waals surface area contributed by atoms with Crippen LogP contribution >= 0.6 is 0 Å². The minimum atomic E-state index is -0.137. The number of likely N-dealkylation sites (tertiary alicyclic amines) is 1. The standard InChI is InChI=1S/C14H23N5/c1-12(2)8-19-13(16-11-17-19)9-18-6-4-14(3,10-15)5-7-18/h11-12H,4-9H2,1-3H3. The van der Waals surface area contributed by atoms with E-state index in [0.717, 1.165) is 44.8 Å². The maximum absolute atomic E-state index is 9.14. The smallest absolute Gasteiger partial charge is 0.141 e. The molecule has 19 heavy (non-hydrogen) atoms. The third kappa shape index (κ3) is 3.54. The van der Waals surface area contributed by atoms with Gasteiger partial charge in [-0.3, -0.25) is 4.90 Å². The average molecular weight is 261 g/mol. The summed E-state index contributed by atoms with van der Waals surface area (Å²) in [5.41, 5.74) is -0.137. The monoisotopic (exact) mass is 261 g/mol. The van der Waals surface area contributed by atoms with Gasteiger partial charge in [-0.25, -0.2) is 9.67 Å². The second kappa shape index (κ2) is 5.70. The molecular weight excluding hydrogens is 238 g/mol. The molecule has 104 valence electrons. The van der Waals surface area contributed by atoms with E-state index in [-0.39, 0.29) is 5.41 Å². The van der Waals surface area contributed by atoms with Crippen LogP contribution in [-0.2, 0) is 13.1 Å². The van der Waals surface area contributed by atoms with Crippen molar-refractivity contribution in [1.82, 2.24) is 19.7 Å². The molecule has 1 aliphatic heterocycles. The molecule has 0 radical (unpaired) electrons. The molecule has 0 saturated carbocycles. The molecule has 0 aromatic carbocycles. The molecule has 2 heterocycles. The SMILES string of the molecule is CC(C)Cn1ncnc1CN1CCC(C)(C#N)CC1. The van der Waals surface area contributed by atoms with Gasteiger partial charge in [0, 0.05) is 19.6 Å².